The number of aromatic carboxylic acids is 1. The average Bonchev–Trinajstić information content (AvgIpc) is 2.41. The van der Waals surface area contributed by atoms with Gasteiger partial charge in [-0.15, -0.1) is 0 Å². The molecule has 0 spiro atoms. The van der Waals surface area contributed by atoms with Gasteiger partial charge < -0.3 is 10.0 Å². The Labute approximate surface area is 117 Å². The fraction of sp³-hybridized carbons (Fsp3) is 0.188. The number of anilines is 2. The Kier molecular flexibility index (Phi) is 4.03. The molecule has 104 valence electrons. The van der Waals surface area contributed by atoms with Crippen LogP contribution in [0.15, 0.2) is 42.5 Å². The SMILES string of the molecule is CCN(c1ccc(F)cc1)c1cc(C)ccc1C(=O)O. The van der Waals surface area contributed by atoms with Gasteiger partial charge in [-0.2, -0.15) is 0 Å². The van der Waals surface area contributed by atoms with Gasteiger partial charge in [0, 0.05) is 12.2 Å². The Morgan fingerprint density at radius 3 is 2.40 bits per heavy atom. The monoisotopic (exact) mass is 273 g/mol. The van der Waals surface area contributed by atoms with Crippen molar-refractivity contribution in [2.75, 3.05) is 11.4 Å². The maximum absolute atomic E-state index is 13.0. The van der Waals surface area contributed by atoms with Crippen LogP contribution in [0.5, 0.6) is 0 Å². The molecule has 0 fully saturated rings. The first kappa shape index (κ1) is 14.1. The number of rotatable bonds is 4. The quantitative estimate of drug-likeness (QED) is 0.915. The van der Waals surface area contributed by atoms with Gasteiger partial charge in [0.25, 0.3) is 0 Å². The first-order valence-electron chi connectivity index (χ1n) is 6.40. The Balaban J connectivity index is 2.53. The lowest BCUT2D eigenvalue weighted by atomic mass is 10.1. The van der Waals surface area contributed by atoms with Gasteiger partial charge in [0.2, 0.25) is 0 Å². The van der Waals surface area contributed by atoms with Crippen LogP contribution >= 0.6 is 0 Å². The van der Waals surface area contributed by atoms with Crippen molar-refractivity contribution in [2.24, 2.45) is 0 Å². The van der Waals surface area contributed by atoms with E-state index in [0.717, 1.165) is 11.3 Å². The molecule has 0 saturated carbocycles. The third-order valence-electron chi connectivity index (χ3n) is 3.13. The van der Waals surface area contributed by atoms with Crippen molar-refractivity contribution in [2.45, 2.75) is 13.8 Å². The topological polar surface area (TPSA) is 40.5 Å². The highest BCUT2D eigenvalue weighted by molar-refractivity contribution is 5.95. The van der Waals surface area contributed by atoms with Crippen LogP contribution in [0.2, 0.25) is 0 Å². The molecule has 0 saturated heterocycles. The summed E-state index contributed by atoms with van der Waals surface area (Å²) in [4.78, 5) is 13.2. The third-order valence-corrected chi connectivity index (χ3v) is 3.13. The minimum atomic E-state index is -0.972. The highest BCUT2D eigenvalue weighted by atomic mass is 19.1. The van der Waals surface area contributed by atoms with E-state index < -0.39 is 5.97 Å². The van der Waals surface area contributed by atoms with Gasteiger partial charge in [-0.3, -0.25) is 0 Å². The number of halogens is 1. The van der Waals surface area contributed by atoms with Crippen LogP contribution < -0.4 is 4.90 Å². The number of hydrogen-bond acceptors (Lipinski definition) is 2. The molecule has 0 radical (unpaired) electrons. The standard InChI is InChI=1S/C16H16FNO2/c1-3-18(13-7-5-12(17)6-8-13)15-10-11(2)4-9-14(15)16(19)20/h4-10H,3H2,1-2H3,(H,19,20). The summed E-state index contributed by atoms with van der Waals surface area (Å²) in [6, 6.07) is 11.2. The van der Waals surface area contributed by atoms with Gasteiger partial charge >= 0.3 is 5.97 Å². The van der Waals surface area contributed by atoms with Crippen LogP contribution in [0.3, 0.4) is 0 Å². The van der Waals surface area contributed by atoms with Crippen molar-refractivity contribution in [1.29, 1.82) is 0 Å². The number of benzene rings is 2. The Hall–Kier alpha value is -2.36. The van der Waals surface area contributed by atoms with Crippen molar-refractivity contribution >= 4 is 17.3 Å². The zero-order valence-electron chi connectivity index (χ0n) is 11.4. The molecule has 0 amide bonds. The molecule has 0 unspecified atom stereocenters. The second-order valence-corrected chi connectivity index (χ2v) is 4.55. The van der Waals surface area contributed by atoms with E-state index in [1.807, 2.05) is 24.8 Å². The number of nitrogens with zero attached hydrogens (tertiary/aromatic N) is 1. The van der Waals surface area contributed by atoms with Crippen molar-refractivity contribution in [3.05, 3.63) is 59.4 Å². The van der Waals surface area contributed by atoms with Gasteiger partial charge in [0.05, 0.1) is 11.3 Å². The van der Waals surface area contributed by atoms with Crippen molar-refractivity contribution in [3.63, 3.8) is 0 Å². The van der Waals surface area contributed by atoms with E-state index in [4.69, 9.17) is 0 Å². The summed E-state index contributed by atoms with van der Waals surface area (Å²) in [5.74, 6) is -1.28. The largest absolute Gasteiger partial charge is 0.478 e. The highest BCUT2D eigenvalue weighted by Gasteiger charge is 2.16. The van der Waals surface area contributed by atoms with Gasteiger partial charge in [0.1, 0.15) is 5.82 Å². The van der Waals surface area contributed by atoms with Crippen LogP contribution in [0.25, 0.3) is 0 Å². The Morgan fingerprint density at radius 1 is 1.20 bits per heavy atom. The fourth-order valence-electron chi connectivity index (χ4n) is 2.16. The molecule has 0 heterocycles. The lowest BCUT2D eigenvalue weighted by Gasteiger charge is -2.25. The predicted octanol–water partition coefficient (Wildman–Crippen LogP) is 3.99. The summed E-state index contributed by atoms with van der Waals surface area (Å²) in [5.41, 5.74) is 2.60. The molecule has 1 N–H and O–H groups in total. The van der Waals surface area contributed by atoms with Crippen LogP contribution in [0.4, 0.5) is 15.8 Å². The number of carboxylic acids is 1. The van der Waals surface area contributed by atoms with E-state index in [9.17, 15) is 14.3 Å². The molecule has 2 aromatic carbocycles. The van der Waals surface area contributed by atoms with Crippen molar-refractivity contribution in [3.8, 4) is 0 Å². The molecule has 0 aliphatic heterocycles. The molecule has 0 bridgehead atoms. The molecular weight excluding hydrogens is 257 g/mol. The highest BCUT2D eigenvalue weighted by Crippen LogP contribution is 2.29. The zero-order valence-corrected chi connectivity index (χ0v) is 11.4. The minimum Gasteiger partial charge on any atom is -0.478 e. The number of carboxylic acid groups (broad SMARTS) is 1. The normalized spacial score (nSPS) is 10.3. The van der Waals surface area contributed by atoms with Gasteiger partial charge in [-0.1, -0.05) is 6.07 Å². The molecule has 0 atom stereocenters. The molecule has 0 aliphatic carbocycles. The van der Waals surface area contributed by atoms with E-state index in [0.29, 0.717) is 12.2 Å². The Bertz CT molecular complexity index is 623. The summed E-state index contributed by atoms with van der Waals surface area (Å²) >= 11 is 0. The molecule has 0 aromatic heterocycles. The van der Waals surface area contributed by atoms with Gasteiger partial charge in [-0.05, 0) is 55.8 Å². The van der Waals surface area contributed by atoms with Crippen molar-refractivity contribution < 1.29 is 14.3 Å². The third kappa shape index (κ3) is 2.79. The predicted molar refractivity (Wildman–Crippen MR) is 77.2 cm³/mol. The Morgan fingerprint density at radius 2 is 1.85 bits per heavy atom. The van der Waals surface area contributed by atoms with E-state index in [1.54, 1.807) is 24.3 Å². The lowest BCUT2D eigenvalue weighted by Crippen LogP contribution is -2.19. The van der Waals surface area contributed by atoms with E-state index in [-0.39, 0.29) is 11.4 Å². The molecular formula is C16H16FNO2. The summed E-state index contributed by atoms with van der Waals surface area (Å²) in [6.07, 6.45) is 0. The zero-order chi connectivity index (χ0) is 14.7. The van der Waals surface area contributed by atoms with E-state index >= 15 is 0 Å². The molecule has 3 nitrogen and oxygen atoms in total. The lowest BCUT2D eigenvalue weighted by molar-refractivity contribution is 0.0697. The summed E-state index contributed by atoms with van der Waals surface area (Å²) < 4.78 is 13.0. The van der Waals surface area contributed by atoms with Gasteiger partial charge in [-0.25, -0.2) is 9.18 Å². The summed E-state index contributed by atoms with van der Waals surface area (Å²) in [7, 11) is 0. The second kappa shape index (κ2) is 5.74. The number of aryl methyl sites for hydroxylation is 1. The van der Waals surface area contributed by atoms with Gasteiger partial charge in [0.15, 0.2) is 0 Å². The first-order valence-corrected chi connectivity index (χ1v) is 6.40. The fourth-order valence-corrected chi connectivity index (χ4v) is 2.16. The molecule has 2 rings (SSSR count). The molecule has 20 heavy (non-hydrogen) atoms. The summed E-state index contributed by atoms with van der Waals surface area (Å²) in [5, 5.41) is 9.31. The summed E-state index contributed by atoms with van der Waals surface area (Å²) in [6.45, 7) is 4.43. The van der Waals surface area contributed by atoms with Crippen LogP contribution in [0.1, 0.15) is 22.8 Å². The average molecular weight is 273 g/mol. The number of hydrogen-bond donors (Lipinski definition) is 1. The maximum Gasteiger partial charge on any atom is 0.337 e. The van der Waals surface area contributed by atoms with E-state index in [2.05, 4.69) is 0 Å². The first-order chi connectivity index (χ1) is 9.52. The second-order valence-electron chi connectivity index (χ2n) is 4.55. The van der Waals surface area contributed by atoms with Crippen LogP contribution in [-0.4, -0.2) is 17.6 Å². The molecule has 0 aliphatic rings. The maximum atomic E-state index is 13.0. The molecule has 4 heteroatoms. The van der Waals surface area contributed by atoms with Crippen LogP contribution in [-0.2, 0) is 0 Å². The number of carbonyl (C=O) groups is 1. The van der Waals surface area contributed by atoms with Crippen LogP contribution in [0, 0.1) is 12.7 Å². The minimum absolute atomic E-state index is 0.238. The van der Waals surface area contributed by atoms with Crippen molar-refractivity contribution in [1.82, 2.24) is 0 Å². The molecule has 2 aromatic rings. The van der Waals surface area contributed by atoms with E-state index in [1.165, 1.54) is 12.1 Å². The smallest absolute Gasteiger partial charge is 0.337 e.